The number of hydrogen-bond acceptors (Lipinski definition) is 3. The minimum atomic E-state index is 0.0783. The fourth-order valence-corrected chi connectivity index (χ4v) is 2.07. The van der Waals surface area contributed by atoms with Crippen LogP contribution in [0.25, 0.3) is 0 Å². The molecule has 0 unspecified atom stereocenters. The van der Waals surface area contributed by atoms with Crippen molar-refractivity contribution in [3.8, 4) is 5.75 Å². The number of carbonyl (C=O) groups excluding carboxylic acids is 1. The number of ether oxygens (including phenoxy) is 1. The maximum atomic E-state index is 11.9. The molecule has 1 heterocycles. The molecule has 0 spiro atoms. The first-order valence-electron chi connectivity index (χ1n) is 6.47. The van der Waals surface area contributed by atoms with E-state index in [1.165, 1.54) is 0 Å². The van der Waals surface area contributed by atoms with Gasteiger partial charge in [-0.15, -0.1) is 0 Å². The van der Waals surface area contributed by atoms with Crippen molar-refractivity contribution in [2.75, 3.05) is 39.3 Å². The van der Waals surface area contributed by atoms with Crippen molar-refractivity contribution in [1.29, 1.82) is 0 Å². The van der Waals surface area contributed by atoms with Gasteiger partial charge in [0.25, 0.3) is 5.91 Å². The zero-order valence-electron chi connectivity index (χ0n) is 10.8. The predicted molar refractivity (Wildman–Crippen MR) is 70.6 cm³/mol. The largest absolute Gasteiger partial charge is 0.484 e. The van der Waals surface area contributed by atoms with E-state index in [0.717, 1.165) is 38.5 Å². The van der Waals surface area contributed by atoms with Gasteiger partial charge in [0.05, 0.1) is 0 Å². The summed E-state index contributed by atoms with van der Waals surface area (Å²) in [7, 11) is 0. The lowest BCUT2D eigenvalue weighted by atomic mass is 10.3. The molecule has 0 atom stereocenters. The normalized spacial score (nSPS) is 16.6. The number of benzene rings is 1. The van der Waals surface area contributed by atoms with Gasteiger partial charge in [-0.2, -0.15) is 0 Å². The van der Waals surface area contributed by atoms with Gasteiger partial charge in [-0.25, -0.2) is 0 Å². The van der Waals surface area contributed by atoms with E-state index < -0.39 is 0 Å². The molecule has 0 radical (unpaired) electrons. The van der Waals surface area contributed by atoms with E-state index in [9.17, 15) is 4.79 Å². The molecule has 0 aliphatic carbocycles. The average molecular weight is 248 g/mol. The summed E-state index contributed by atoms with van der Waals surface area (Å²) in [5, 5.41) is 0. The Morgan fingerprint density at radius 2 is 1.83 bits per heavy atom. The summed E-state index contributed by atoms with van der Waals surface area (Å²) in [5.41, 5.74) is 0. The summed E-state index contributed by atoms with van der Waals surface area (Å²) in [6, 6.07) is 9.46. The van der Waals surface area contributed by atoms with Crippen LogP contribution in [-0.2, 0) is 4.79 Å². The lowest BCUT2D eigenvalue weighted by Crippen LogP contribution is -2.49. The van der Waals surface area contributed by atoms with Gasteiger partial charge in [-0.05, 0) is 18.7 Å². The molecular formula is C14H20N2O2. The fourth-order valence-electron chi connectivity index (χ4n) is 2.07. The van der Waals surface area contributed by atoms with Crippen LogP contribution in [0.1, 0.15) is 6.92 Å². The van der Waals surface area contributed by atoms with E-state index in [0.29, 0.717) is 0 Å². The van der Waals surface area contributed by atoms with Crippen LogP contribution in [0.2, 0.25) is 0 Å². The third kappa shape index (κ3) is 3.47. The first kappa shape index (κ1) is 12.9. The van der Waals surface area contributed by atoms with E-state index in [1.807, 2.05) is 35.2 Å². The Bertz CT molecular complexity index is 373. The second kappa shape index (κ2) is 6.40. The van der Waals surface area contributed by atoms with Crippen molar-refractivity contribution in [2.24, 2.45) is 0 Å². The van der Waals surface area contributed by atoms with Crippen LogP contribution < -0.4 is 4.74 Å². The molecule has 0 N–H and O–H groups in total. The summed E-state index contributed by atoms with van der Waals surface area (Å²) in [6.45, 7) is 6.89. The molecule has 18 heavy (non-hydrogen) atoms. The third-order valence-corrected chi connectivity index (χ3v) is 3.28. The Morgan fingerprint density at radius 3 is 2.44 bits per heavy atom. The molecule has 2 rings (SSSR count). The van der Waals surface area contributed by atoms with Crippen molar-refractivity contribution in [3.05, 3.63) is 30.3 Å². The summed E-state index contributed by atoms with van der Waals surface area (Å²) in [4.78, 5) is 16.2. The Labute approximate surface area is 108 Å². The van der Waals surface area contributed by atoms with Crippen LogP contribution in [0.15, 0.2) is 30.3 Å². The van der Waals surface area contributed by atoms with E-state index >= 15 is 0 Å². The van der Waals surface area contributed by atoms with Gasteiger partial charge >= 0.3 is 0 Å². The minimum absolute atomic E-state index is 0.0783. The monoisotopic (exact) mass is 248 g/mol. The van der Waals surface area contributed by atoms with Gasteiger partial charge in [-0.3, -0.25) is 4.79 Å². The standard InChI is InChI=1S/C14H20N2O2/c1-2-15-8-10-16(11-9-15)14(17)12-18-13-6-4-3-5-7-13/h3-7H,2,8-12H2,1H3. The highest BCUT2D eigenvalue weighted by Crippen LogP contribution is 2.09. The number of amides is 1. The molecule has 98 valence electrons. The van der Waals surface area contributed by atoms with Crippen molar-refractivity contribution in [2.45, 2.75) is 6.92 Å². The summed E-state index contributed by atoms with van der Waals surface area (Å²) >= 11 is 0. The molecule has 1 aromatic rings. The van der Waals surface area contributed by atoms with Gasteiger partial charge in [-0.1, -0.05) is 25.1 Å². The third-order valence-electron chi connectivity index (χ3n) is 3.28. The predicted octanol–water partition coefficient (Wildman–Crippen LogP) is 1.23. The number of carbonyl (C=O) groups is 1. The Hall–Kier alpha value is -1.55. The molecule has 0 bridgehead atoms. The molecule has 1 saturated heterocycles. The smallest absolute Gasteiger partial charge is 0.260 e. The Kier molecular flexibility index (Phi) is 4.59. The van der Waals surface area contributed by atoms with Crippen molar-refractivity contribution < 1.29 is 9.53 Å². The van der Waals surface area contributed by atoms with Crippen molar-refractivity contribution in [1.82, 2.24) is 9.80 Å². The highest BCUT2D eigenvalue weighted by molar-refractivity contribution is 5.77. The van der Waals surface area contributed by atoms with Crippen LogP contribution >= 0.6 is 0 Å². The van der Waals surface area contributed by atoms with Gasteiger partial charge < -0.3 is 14.5 Å². The molecule has 1 aliphatic rings. The fraction of sp³-hybridized carbons (Fsp3) is 0.500. The Balaban J connectivity index is 1.75. The molecule has 1 fully saturated rings. The molecule has 1 amide bonds. The highest BCUT2D eigenvalue weighted by Gasteiger charge is 2.20. The van der Waals surface area contributed by atoms with Crippen LogP contribution in [0.3, 0.4) is 0 Å². The molecule has 1 aromatic carbocycles. The summed E-state index contributed by atoms with van der Waals surface area (Å²) in [5.74, 6) is 0.827. The topological polar surface area (TPSA) is 32.8 Å². The van der Waals surface area contributed by atoms with Gasteiger partial charge in [0.2, 0.25) is 0 Å². The van der Waals surface area contributed by atoms with Gasteiger partial charge in [0.1, 0.15) is 5.75 Å². The first-order chi connectivity index (χ1) is 8.79. The quantitative estimate of drug-likeness (QED) is 0.803. The highest BCUT2D eigenvalue weighted by atomic mass is 16.5. The van der Waals surface area contributed by atoms with Crippen LogP contribution in [0.5, 0.6) is 5.75 Å². The Morgan fingerprint density at radius 1 is 1.17 bits per heavy atom. The number of rotatable bonds is 4. The summed E-state index contributed by atoms with van der Waals surface area (Å²) < 4.78 is 5.47. The van der Waals surface area contributed by atoms with E-state index in [2.05, 4.69) is 11.8 Å². The maximum Gasteiger partial charge on any atom is 0.260 e. The van der Waals surface area contributed by atoms with Crippen LogP contribution in [0.4, 0.5) is 0 Å². The lowest BCUT2D eigenvalue weighted by Gasteiger charge is -2.33. The van der Waals surface area contributed by atoms with Crippen LogP contribution in [0, 0.1) is 0 Å². The molecular weight excluding hydrogens is 228 g/mol. The molecule has 0 aromatic heterocycles. The number of para-hydroxylation sites is 1. The van der Waals surface area contributed by atoms with Crippen molar-refractivity contribution >= 4 is 5.91 Å². The SMILES string of the molecule is CCN1CCN(C(=O)COc2ccccc2)CC1. The number of likely N-dealkylation sites (N-methyl/N-ethyl adjacent to an activating group) is 1. The van der Waals surface area contributed by atoms with E-state index in [1.54, 1.807) is 0 Å². The second-order valence-electron chi connectivity index (χ2n) is 4.42. The van der Waals surface area contributed by atoms with Gasteiger partial charge in [0, 0.05) is 26.2 Å². The maximum absolute atomic E-state index is 11.9. The molecule has 4 heteroatoms. The van der Waals surface area contributed by atoms with E-state index in [4.69, 9.17) is 4.74 Å². The lowest BCUT2D eigenvalue weighted by molar-refractivity contribution is -0.135. The first-order valence-corrected chi connectivity index (χ1v) is 6.47. The molecule has 0 saturated carbocycles. The minimum Gasteiger partial charge on any atom is -0.484 e. The van der Waals surface area contributed by atoms with Gasteiger partial charge in [0.15, 0.2) is 6.61 Å². The number of hydrogen-bond donors (Lipinski definition) is 0. The van der Waals surface area contributed by atoms with E-state index in [-0.39, 0.29) is 12.5 Å². The number of piperazine rings is 1. The molecule has 4 nitrogen and oxygen atoms in total. The van der Waals surface area contributed by atoms with Crippen LogP contribution in [-0.4, -0.2) is 55.0 Å². The number of nitrogens with zero attached hydrogens (tertiary/aromatic N) is 2. The zero-order chi connectivity index (χ0) is 12.8. The second-order valence-corrected chi connectivity index (χ2v) is 4.42. The zero-order valence-corrected chi connectivity index (χ0v) is 10.8. The summed E-state index contributed by atoms with van der Waals surface area (Å²) in [6.07, 6.45) is 0. The van der Waals surface area contributed by atoms with Crippen molar-refractivity contribution in [3.63, 3.8) is 0 Å². The average Bonchev–Trinajstić information content (AvgIpc) is 2.46. The molecule has 1 aliphatic heterocycles.